The summed E-state index contributed by atoms with van der Waals surface area (Å²) in [5, 5.41) is 0. The summed E-state index contributed by atoms with van der Waals surface area (Å²) in [5.41, 5.74) is -0.360. The highest BCUT2D eigenvalue weighted by molar-refractivity contribution is 6.61. The highest BCUT2D eigenvalue weighted by atomic mass is 35.5. The minimum Gasteiger partial charge on any atom is -0.280 e. The first-order chi connectivity index (χ1) is 6.18. The van der Waals surface area contributed by atoms with E-state index in [4.69, 9.17) is 11.6 Å². The minimum atomic E-state index is -1.04. The molecule has 70 valence electrons. The quantitative estimate of drug-likeness (QED) is 0.431. The Hall–Kier alpha value is -1.13. The minimum absolute atomic E-state index is 0.0404. The molecule has 0 aliphatic carbocycles. The second-order valence-corrected chi connectivity index (χ2v) is 2.52. The average molecular weight is 205 g/mol. The van der Waals surface area contributed by atoms with Crippen molar-refractivity contribution in [3.05, 3.63) is 35.6 Å². The Balaban J connectivity index is 2.37. The number of carbonyl (C=O) groups is 1. The number of carbonyl (C=O) groups excluding carboxylic acids is 1. The van der Waals surface area contributed by atoms with E-state index in [-0.39, 0.29) is 12.4 Å². The zero-order valence-corrected chi connectivity index (χ0v) is 7.25. The SMILES string of the molecule is O=C(Cl)OOCc1ccc(F)cc1. The van der Waals surface area contributed by atoms with Crippen molar-refractivity contribution in [2.24, 2.45) is 0 Å². The number of benzene rings is 1. The van der Waals surface area contributed by atoms with Crippen LogP contribution in [-0.4, -0.2) is 5.43 Å². The van der Waals surface area contributed by atoms with Crippen LogP contribution in [0.4, 0.5) is 9.18 Å². The molecule has 0 radical (unpaired) electrons. The van der Waals surface area contributed by atoms with Crippen molar-refractivity contribution in [1.82, 2.24) is 0 Å². The summed E-state index contributed by atoms with van der Waals surface area (Å²) in [7, 11) is 0. The van der Waals surface area contributed by atoms with E-state index in [1.807, 2.05) is 0 Å². The van der Waals surface area contributed by atoms with E-state index < -0.39 is 5.43 Å². The van der Waals surface area contributed by atoms with Crippen molar-refractivity contribution < 1.29 is 19.0 Å². The maximum Gasteiger partial charge on any atom is 0.435 e. The van der Waals surface area contributed by atoms with Gasteiger partial charge in [0.15, 0.2) is 0 Å². The Morgan fingerprint density at radius 3 is 2.54 bits per heavy atom. The third-order valence-corrected chi connectivity index (χ3v) is 1.33. The molecule has 0 saturated carbocycles. The van der Waals surface area contributed by atoms with Gasteiger partial charge in [-0.3, -0.25) is 4.89 Å². The lowest BCUT2D eigenvalue weighted by atomic mass is 10.2. The highest BCUT2D eigenvalue weighted by Crippen LogP contribution is 2.04. The molecule has 3 nitrogen and oxygen atoms in total. The zero-order chi connectivity index (χ0) is 9.68. The fraction of sp³-hybridized carbons (Fsp3) is 0.125. The van der Waals surface area contributed by atoms with Gasteiger partial charge < -0.3 is 0 Å². The largest absolute Gasteiger partial charge is 0.435 e. The molecule has 0 amide bonds. The predicted molar refractivity (Wildman–Crippen MR) is 43.5 cm³/mol. The van der Waals surface area contributed by atoms with Crippen LogP contribution in [-0.2, 0) is 16.4 Å². The Morgan fingerprint density at radius 2 is 2.00 bits per heavy atom. The van der Waals surface area contributed by atoms with Crippen LogP contribution in [0.15, 0.2) is 24.3 Å². The molecule has 0 atom stereocenters. The molecule has 0 aliphatic rings. The van der Waals surface area contributed by atoms with Gasteiger partial charge in [0, 0.05) is 11.6 Å². The van der Waals surface area contributed by atoms with Gasteiger partial charge >= 0.3 is 5.43 Å². The van der Waals surface area contributed by atoms with Crippen LogP contribution in [0.3, 0.4) is 0 Å². The molecule has 1 aromatic rings. The first kappa shape index (κ1) is 9.95. The molecular weight excluding hydrogens is 199 g/mol. The Kier molecular flexibility index (Phi) is 3.67. The lowest BCUT2D eigenvalue weighted by Gasteiger charge is -1.99. The standard InChI is InChI=1S/C8H6ClFO3/c9-8(11)13-12-5-6-1-3-7(10)4-2-6/h1-4H,5H2. The van der Waals surface area contributed by atoms with E-state index in [1.54, 1.807) is 0 Å². The van der Waals surface area contributed by atoms with Crippen LogP contribution in [0.2, 0.25) is 0 Å². The van der Waals surface area contributed by atoms with Gasteiger partial charge in [-0.15, -0.1) is 0 Å². The molecule has 0 spiro atoms. The Labute approximate surface area is 78.9 Å². The summed E-state index contributed by atoms with van der Waals surface area (Å²) in [6, 6.07) is 5.58. The number of hydrogen-bond donors (Lipinski definition) is 0. The fourth-order valence-corrected chi connectivity index (χ4v) is 0.769. The summed E-state index contributed by atoms with van der Waals surface area (Å²) in [4.78, 5) is 18.5. The van der Waals surface area contributed by atoms with Gasteiger partial charge in [0.25, 0.3) is 0 Å². The molecule has 0 aliphatic heterocycles. The van der Waals surface area contributed by atoms with E-state index >= 15 is 0 Å². The van der Waals surface area contributed by atoms with Crippen LogP contribution >= 0.6 is 11.6 Å². The molecule has 0 N–H and O–H groups in total. The summed E-state index contributed by atoms with van der Waals surface area (Å²) >= 11 is 4.82. The molecule has 0 saturated heterocycles. The van der Waals surface area contributed by atoms with Crippen molar-refractivity contribution in [2.75, 3.05) is 0 Å². The molecule has 5 heteroatoms. The van der Waals surface area contributed by atoms with Crippen molar-refractivity contribution in [2.45, 2.75) is 6.61 Å². The van der Waals surface area contributed by atoms with Gasteiger partial charge in [0.1, 0.15) is 12.4 Å². The second kappa shape index (κ2) is 4.79. The average Bonchev–Trinajstić information content (AvgIpc) is 2.08. The van der Waals surface area contributed by atoms with Crippen molar-refractivity contribution in [3.63, 3.8) is 0 Å². The van der Waals surface area contributed by atoms with Crippen LogP contribution in [0.1, 0.15) is 5.56 Å². The van der Waals surface area contributed by atoms with Crippen molar-refractivity contribution in [3.8, 4) is 0 Å². The van der Waals surface area contributed by atoms with E-state index in [0.717, 1.165) is 0 Å². The molecule has 13 heavy (non-hydrogen) atoms. The van der Waals surface area contributed by atoms with Gasteiger partial charge in [0.2, 0.25) is 0 Å². The van der Waals surface area contributed by atoms with Gasteiger partial charge in [-0.1, -0.05) is 12.1 Å². The van der Waals surface area contributed by atoms with Gasteiger partial charge in [-0.2, -0.15) is 4.89 Å². The van der Waals surface area contributed by atoms with Crippen LogP contribution in [0.25, 0.3) is 0 Å². The number of rotatable bonds is 3. The molecular formula is C8H6ClFO3. The molecule has 1 rings (SSSR count). The second-order valence-electron chi connectivity index (χ2n) is 2.21. The lowest BCUT2D eigenvalue weighted by molar-refractivity contribution is -0.241. The van der Waals surface area contributed by atoms with Crippen LogP contribution < -0.4 is 0 Å². The Morgan fingerprint density at radius 1 is 1.38 bits per heavy atom. The molecule has 0 bridgehead atoms. The van der Waals surface area contributed by atoms with E-state index in [1.165, 1.54) is 24.3 Å². The van der Waals surface area contributed by atoms with Crippen molar-refractivity contribution >= 4 is 17.0 Å². The third kappa shape index (κ3) is 3.87. The third-order valence-electron chi connectivity index (χ3n) is 1.26. The van der Waals surface area contributed by atoms with Gasteiger partial charge in [-0.25, -0.2) is 9.18 Å². The summed E-state index contributed by atoms with van der Waals surface area (Å²) in [6.45, 7) is 0.0404. The number of hydrogen-bond acceptors (Lipinski definition) is 3. The summed E-state index contributed by atoms with van der Waals surface area (Å²) in [6.07, 6.45) is 0. The maximum absolute atomic E-state index is 12.4. The monoisotopic (exact) mass is 204 g/mol. The van der Waals surface area contributed by atoms with Crippen molar-refractivity contribution in [1.29, 1.82) is 0 Å². The molecule has 0 fully saturated rings. The topological polar surface area (TPSA) is 35.5 Å². The maximum atomic E-state index is 12.4. The Bertz CT molecular complexity index is 286. The molecule has 0 unspecified atom stereocenters. The van der Waals surface area contributed by atoms with Crippen LogP contribution in [0, 0.1) is 5.82 Å². The predicted octanol–water partition coefficient (Wildman–Crippen LogP) is 2.63. The molecule has 1 aromatic carbocycles. The summed E-state index contributed by atoms with van der Waals surface area (Å²) in [5.74, 6) is -0.335. The number of halogens is 2. The van der Waals surface area contributed by atoms with Gasteiger partial charge in [-0.05, 0) is 17.7 Å². The molecule has 0 aromatic heterocycles. The smallest absolute Gasteiger partial charge is 0.280 e. The molecule has 0 heterocycles. The van der Waals surface area contributed by atoms with Gasteiger partial charge in [0.05, 0.1) is 0 Å². The first-order valence-electron chi connectivity index (χ1n) is 3.42. The lowest BCUT2D eigenvalue weighted by Crippen LogP contribution is -1.96. The first-order valence-corrected chi connectivity index (χ1v) is 3.79. The normalized spacial score (nSPS) is 9.69. The summed E-state index contributed by atoms with van der Waals surface area (Å²) < 4.78 is 12.4. The van der Waals surface area contributed by atoms with E-state index in [0.29, 0.717) is 5.56 Å². The zero-order valence-electron chi connectivity index (χ0n) is 6.50. The van der Waals surface area contributed by atoms with Crippen LogP contribution in [0.5, 0.6) is 0 Å². The fourth-order valence-electron chi connectivity index (χ4n) is 0.724. The van der Waals surface area contributed by atoms with E-state index in [2.05, 4.69) is 9.78 Å². The highest BCUT2D eigenvalue weighted by Gasteiger charge is 1.98. The van der Waals surface area contributed by atoms with E-state index in [9.17, 15) is 9.18 Å².